The number of rotatable bonds is 6. The molecule has 2 aromatic carbocycles. The molecule has 0 radical (unpaired) electrons. The van der Waals surface area contributed by atoms with Gasteiger partial charge < -0.3 is 20.7 Å². The van der Waals surface area contributed by atoms with Crippen molar-refractivity contribution in [3.63, 3.8) is 0 Å². The average Bonchev–Trinajstić information content (AvgIpc) is 2.59. The van der Waals surface area contributed by atoms with E-state index in [1.807, 2.05) is 0 Å². The highest BCUT2D eigenvalue weighted by Crippen LogP contribution is 2.28. The van der Waals surface area contributed by atoms with Gasteiger partial charge in [-0.05, 0) is 30.3 Å². The molecule has 9 heteroatoms. The maximum absolute atomic E-state index is 13.6. The van der Waals surface area contributed by atoms with Gasteiger partial charge >= 0.3 is 0 Å². The third-order valence-corrected chi connectivity index (χ3v) is 3.27. The van der Waals surface area contributed by atoms with Crippen LogP contribution in [0.5, 0.6) is 5.75 Å². The van der Waals surface area contributed by atoms with Crippen molar-refractivity contribution in [2.24, 2.45) is 0 Å². The first-order chi connectivity index (χ1) is 12.3. The van der Waals surface area contributed by atoms with Gasteiger partial charge in [-0.1, -0.05) is 0 Å². The molecule has 0 aromatic heterocycles. The third kappa shape index (κ3) is 4.65. The summed E-state index contributed by atoms with van der Waals surface area (Å²) in [7, 11) is 1.40. The Morgan fingerprint density at radius 3 is 2.38 bits per heavy atom. The molecule has 0 aliphatic carbocycles. The summed E-state index contributed by atoms with van der Waals surface area (Å²) < 4.78 is 44.7. The van der Waals surface area contributed by atoms with Gasteiger partial charge in [-0.2, -0.15) is 0 Å². The van der Waals surface area contributed by atoms with E-state index in [9.17, 15) is 22.8 Å². The summed E-state index contributed by atoms with van der Waals surface area (Å²) in [6, 6.07) is 6.35. The number of hydrogen-bond donors (Lipinski definition) is 3. The summed E-state index contributed by atoms with van der Waals surface area (Å²) in [5.41, 5.74) is 0.363. The second-order valence-corrected chi connectivity index (χ2v) is 5.22. The second-order valence-electron chi connectivity index (χ2n) is 5.22. The number of nitrogens with one attached hydrogen (secondary N) is 3. The molecule has 3 N–H and O–H groups in total. The topological polar surface area (TPSA) is 79.5 Å². The third-order valence-electron chi connectivity index (χ3n) is 3.27. The number of carbonyl (C=O) groups is 2. The molecule has 2 aromatic rings. The lowest BCUT2D eigenvalue weighted by molar-refractivity contribution is -0.115. The lowest BCUT2D eigenvalue weighted by atomic mass is 10.2. The van der Waals surface area contributed by atoms with Gasteiger partial charge in [0, 0.05) is 12.6 Å². The number of halogens is 3. The minimum Gasteiger partial charge on any atom is -0.495 e. The van der Waals surface area contributed by atoms with Gasteiger partial charge in [0.15, 0.2) is 17.5 Å². The lowest BCUT2D eigenvalue weighted by Crippen LogP contribution is -2.22. The maximum atomic E-state index is 13.6. The first-order valence-corrected chi connectivity index (χ1v) is 7.44. The van der Waals surface area contributed by atoms with Crippen molar-refractivity contribution in [2.45, 2.75) is 6.92 Å². The van der Waals surface area contributed by atoms with Crippen molar-refractivity contribution in [3.8, 4) is 5.75 Å². The van der Waals surface area contributed by atoms with Gasteiger partial charge in [-0.25, -0.2) is 13.2 Å². The Balaban J connectivity index is 2.07. The van der Waals surface area contributed by atoms with Gasteiger partial charge in [0.25, 0.3) is 0 Å². The largest absolute Gasteiger partial charge is 0.495 e. The van der Waals surface area contributed by atoms with Crippen molar-refractivity contribution < 1.29 is 27.5 Å². The van der Waals surface area contributed by atoms with Crippen molar-refractivity contribution >= 4 is 28.9 Å². The molecule has 26 heavy (non-hydrogen) atoms. The normalized spacial score (nSPS) is 10.2. The average molecular weight is 367 g/mol. The van der Waals surface area contributed by atoms with E-state index in [0.717, 1.165) is 12.1 Å². The number of carbonyl (C=O) groups excluding carboxylic acids is 2. The summed E-state index contributed by atoms with van der Waals surface area (Å²) in [5, 5.41) is 7.46. The van der Waals surface area contributed by atoms with Crippen LogP contribution in [0.4, 0.5) is 30.2 Å². The monoisotopic (exact) mass is 367 g/mol. The van der Waals surface area contributed by atoms with E-state index < -0.39 is 29.9 Å². The molecule has 0 bridgehead atoms. The van der Waals surface area contributed by atoms with E-state index >= 15 is 0 Å². The summed E-state index contributed by atoms with van der Waals surface area (Å²) in [6.07, 6.45) is 0. The standard InChI is InChI=1S/C17H16F3N3O3/c1-9(24)22-10-3-6-14(26-2)13(7-10)23-15(25)8-21-12-5-4-11(18)16(19)17(12)20/h3-7,21H,8H2,1-2H3,(H,22,24)(H,23,25). The van der Waals surface area contributed by atoms with E-state index in [0.29, 0.717) is 11.4 Å². The molecule has 0 aliphatic rings. The number of ether oxygens (including phenoxy) is 1. The van der Waals surface area contributed by atoms with E-state index in [4.69, 9.17) is 4.74 Å². The number of methoxy groups -OCH3 is 1. The fourth-order valence-electron chi connectivity index (χ4n) is 2.12. The van der Waals surface area contributed by atoms with E-state index in [1.165, 1.54) is 20.1 Å². The van der Waals surface area contributed by atoms with Gasteiger partial charge in [0.1, 0.15) is 5.75 Å². The predicted octanol–water partition coefficient (Wildman–Crippen LogP) is 3.12. The number of anilines is 3. The molecule has 0 spiro atoms. The van der Waals surface area contributed by atoms with Gasteiger partial charge in [-0.3, -0.25) is 9.59 Å². The number of hydrogen-bond acceptors (Lipinski definition) is 4. The first-order valence-electron chi connectivity index (χ1n) is 7.44. The molecule has 138 valence electrons. The molecular weight excluding hydrogens is 351 g/mol. The second kappa shape index (κ2) is 8.24. The molecule has 2 rings (SSSR count). The van der Waals surface area contributed by atoms with Crippen LogP contribution in [0.25, 0.3) is 0 Å². The van der Waals surface area contributed by atoms with E-state index in [2.05, 4.69) is 16.0 Å². The Labute approximate surface area is 147 Å². The summed E-state index contributed by atoms with van der Waals surface area (Å²) >= 11 is 0. The van der Waals surface area contributed by atoms with Crippen LogP contribution >= 0.6 is 0 Å². The fourth-order valence-corrected chi connectivity index (χ4v) is 2.12. The van der Waals surface area contributed by atoms with Crippen LogP contribution in [0.1, 0.15) is 6.92 Å². The van der Waals surface area contributed by atoms with Crippen LogP contribution in [0.15, 0.2) is 30.3 Å². The molecule has 0 fully saturated rings. The highest BCUT2D eigenvalue weighted by molar-refractivity contribution is 5.96. The Morgan fingerprint density at radius 2 is 1.73 bits per heavy atom. The smallest absolute Gasteiger partial charge is 0.243 e. The van der Waals surface area contributed by atoms with E-state index in [-0.39, 0.29) is 17.3 Å². The molecule has 0 atom stereocenters. The highest BCUT2D eigenvalue weighted by Gasteiger charge is 2.15. The Morgan fingerprint density at radius 1 is 1.00 bits per heavy atom. The van der Waals surface area contributed by atoms with Gasteiger partial charge in [0.2, 0.25) is 11.8 Å². The van der Waals surface area contributed by atoms with Crippen LogP contribution in [-0.2, 0) is 9.59 Å². The zero-order valence-electron chi connectivity index (χ0n) is 14.0. The van der Waals surface area contributed by atoms with Crippen molar-refractivity contribution in [3.05, 3.63) is 47.8 Å². The summed E-state index contributed by atoms with van der Waals surface area (Å²) in [5.74, 6) is -4.90. The molecule has 6 nitrogen and oxygen atoms in total. The summed E-state index contributed by atoms with van der Waals surface area (Å²) in [4.78, 5) is 23.2. The zero-order chi connectivity index (χ0) is 19.3. The van der Waals surface area contributed by atoms with Crippen LogP contribution in [-0.4, -0.2) is 25.5 Å². The molecule has 0 aliphatic heterocycles. The minimum atomic E-state index is -1.62. The first kappa shape index (κ1) is 19.1. The number of benzene rings is 2. The van der Waals surface area contributed by atoms with Gasteiger partial charge in [-0.15, -0.1) is 0 Å². The quantitative estimate of drug-likeness (QED) is 0.686. The molecule has 2 amide bonds. The van der Waals surface area contributed by atoms with Crippen molar-refractivity contribution in [2.75, 3.05) is 29.6 Å². The van der Waals surface area contributed by atoms with Crippen LogP contribution < -0.4 is 20.7 Å². The van der Waals surface area contributed by atoms with E-state index in [1.54, 1.807) is 12.1 Å². The minimum absolute atomic E-state index is 0.274. The van der Waals surface area contributed by atoms with Crippen LogP contribution in [0.3, 0.4) is 0 Å². The maximum Gasteiger partial charge on any atom is 0.243 e. The van der Waals surface area contributed by atoms with Crippen molar-refractivity contribution in [1.29, 1.82) is 0 Å². The molecular formula is C17H16F3N3O3. The molecule has 0 saturated heterocycles. The molecule has 0 saturated carbocycles. The Kier molecular flexibility index (Phi) is 6.05. The fraction of sp³-hybridized carbons (Fsp3) is 0.176. The Hall–Kier alpha value is -3.23. The number of amides is 2. The van der Waals surface area contributed by atoms with Crippen LogP contribution in [0.2, 0.25) is 0 Å². The molecule has 0 heterocycles. The lowest BCUT2D eigenvalue weighted by Gasteiger charge is -2.13. The van der Waals surface area contributed by atoms with Crippen molar-refractivity contribution in [1.82, 2.24) is 0 Å². The molecule has 0 unspecified atom stereocenters. The Bertz CT molecular complexity index is 843. The zero-order valence-corrected chi connectivity index (χ0v) is 14.0. The summed E-state index contributed by atoms with van der Waals surface area (Å²) in [6.45, 7) is 0.929. The highest BCUT2D eigenvalue weighted by atomic mass is 19.2. The van der Waals surface area contributed by atoms with Gasteiger partial charge in [0.05, 0.1) is 25.0 Å². The predicted molar refractivity (Wildman–Crippen MR) is 90.7 cm³/mol. The van der Waals surface area contributed by atoms with Crippen LogP contribution in [0, 0.1) is 17.5 Å². The SMILES string of the molecule is COc1ccc(NC(C)=O)cc1NC(=O)CNc1ccc(F)c(F)c1F.